The van der Waals surface area contributed by atoms with Gasteiger partial charge in [0, 0.05) is 26.3 Å². The van der Waals surface area contributed by atoms with E-state index in [1.807, 2.05) is 4.90 Å². The lowest BCUT2D eigenvalue weighted by atomic mass is 9.97. The van der Waals surface area contributed by atoms with Crippen molar-refractivity contribution in [2.75, 3.05) is 24.5 Å². The highest BCUT2D eigenvalue weighted by Gasteiger charge is 2.28. The Labute approximate surface area is 134 Å². The molecule has 0 amide bonds. The number of carbonyl (C=O) groups excluding carboxylic acids is 1. The molecular weight excluding hydrogens is 298 g/mol. The van der Waals surface area contributed by atoms with Gasteiger partial charge in [0.15, 0.2) is 5.82 Å². The van der Waals surface area contributed by atoms with Gasteiger partial charge < -0.3 is 19.9 Å². The minimum Gasteiger partial charge on any atom is -0.352 e. The number of nitrogens with zero attached hydrogens (tertiary/aromatic N) is 4. The molecule has 0 atom stereocenters. The molecule has 1 saturated heterocycles. The van der Waals surface area contributed by atoms with Gasteiger partial charge in [0.25, 0.3) is 11.8 Å². The largest absolute Gasteiger partial charge is 0.352 e. The van der Waals surface area contributed by atoms with E-state index in [-0.39, 0.29) is 11.5 Å². The second kappa shape index (κ2) is 7.74. The Morgan fingerprint density at radius 3 is 2.83 bits per heavy atom. The summed E-state index contributed by atoms with van der Waals surface area (Å²) in [6.45, 7) is 1.65. The smallest absolute Gasteiger partial charge is 0.324 e. The SMILES string of the molecule is Cn1cc(CCCN)nc(N2CCC(C(=O)OC#N)CC2)c1=O. The number of esters is 1. The van der Waals surface area contributed by atoms with Crippen LogP contribution in [-0.2, 0) is 23.0 Å². The monoisotopic (exact) mass is 319 g/mol. The Bertz CT molecular complexity index is 656. The average molecular weight is 319 g/mol. The number of nitrogens with two attached hydrogens (primary N) is 1. The molecule has 1 aliphatic heterocycles. The van der Waals surface area contributed by atoms with Crippen LogP contribution in [0.4, 0.5) is 5.82 Å². The third-order valence-corrected chi connectivity index (χ3v) is 4.01. The number of aromatic nitrogens is 2. The molecule has 0 spiro atoms. The van der Waals surface area contributed by atoms with Crippen LogP contribution in [0.25, 0.3) is 0 Å². The van der Waals surface area contributed by atoms with Crippen LogP contribution in [0.5, 0.6) is 0 Å². The first kappa shape index (κ1) is 17.0. The van der Waals surface area contributed by atoms with Crippen molar-refractivity contribution in [3.63, 3.8) is 0 Å². The van der Waals surface area contributed by atoms with E-state index in [9.17, 15) is 9.59 Å². The molecule has 2 N–H and O–H groups in total. The second-order valence-electron chi connectivity index (χ2n) is 5.64. The molecule has 2 heterocycles. The van der Waals surface area contributed by atoms with Crippen molar-refractivity contribution < 1.29 is 9.53 Å². The Balaban J connectivity index is 2.11. The van der Waals surface area contributed by atoms with Gasteiger partial charge in [-0.25, -0.2) is 4.98 Å². The molecule has 8 heteroatoms. The predicted molar refractivity (Wildman–Crippen MR) is 83.5 cm³/mol. The molecule has 0 radical (unpaired) electrons. The number of aryl methyl sites for hydroxylation is 2. The van der Waals surface area contributed by atoms with Gasteiger partial charge in [-0.1, -0.05) is 0 Å². The van der Waals surface area contributed by atoms with Crippen molar-refractivity contribution in [2.45, 2.75) is 25.7 Å². The van der Waals surface area contributed by atoms with E-state index in [2.05, 4.69) is 9.72 Å². The molecule has 0 aliphatic carbocycles. The molecule has 0 aromatic carbocycles. The summed E-state index contributed by atoms with van der Waals surface area (Å²) in [6.07, 6.45) is 5.76. The molecule has 1 aromatic rings. The number of carbonyl (C=O) groups is 1. The molecule has 8 nitrogen and oxygen atoms in total. The minimum absolute atomic E-state index is 0.153. The third-order valence-electron chi connectivity index (χ3n) is 4.01. The summed E-state index contributed by atoms with van der Waals surface area (Å²) >= 11 is 0. The zero-order valence-corrected chi connectivity index (χ0v) is 13.2. The number of rotatable bonds is 5. The zero-order chi connectivity index (χ0) is 16.8. The van der Waals surface area contributed by atoms with Crippen LogP contribution in [0.2, 0.25) is 0 Å². The molecule has 0 bridgehead atoms. The molecule has 0 unspecified atom stereocenters. The van der Waals surface area contributed by atoms with E-state index in [1.165, 1.54) is 10.8 Å². The quantitative estimate of drug-likeness (QED) is 0.596. The minimum atomic E-state index is -0.496. The first-order valence-electron chi connectivity index (χ1n) is 7.68. The van der Waals surface area contributed by atoms with Gasteiger partial charge in [0.05, 0.1) is 11.6 Å². The van der Waals surface area contributed by atoms with Crippen LogP contribution in [0, 0.1) is 17.4 Å². The molecule has 23 heavy (non-hydrogen) atoms. The topological polar surface area (TPSA) is 114 Å². The fourth-order valence-corrected chi connectivity index (χ4v) is 2.72. The van der Waals surface area contributed by atoms with Crippen molar-refractivity contribution in [1.29, 1.82) is 5.26 Å². The number of ether oxygens (including phenoxy) is 1. The Morgan fingerprint density at radius 2 is 2.22 bits per heavy atom. The summed E-state index contributed by atoms with van der Waals surface area (Å²) < 4.78 is 5.92. The molecular formula is C15H21N5O3. The number of hydrogen-bond acceptors (Lipinski definition) is 7. The van der Waals surface area contributed by atoms with Crippen LogP contribution in [0.1, 0.15) is 25.0 Å². The Morgan fingerprint density at radius 1 is 1.52 bits per heavy atom. The summed E-state index contributed by atoms with van der Waals surface area (Å²) in [7, 11) is 1.70. The fourth-order valence-electron chi connectivity index (χ4n) is 2.72. The Kier molecular flexibility index (Phi) is 5.71. The lowest BCUT2D eigenvalue weighted by Gasteiger charge is -2.31. The van der Waals surface area contributed by atoms with Gasteiger partial charge in [-0.3, -0.25) is 9.59 Å². The molecule has 124 valence electrons. The van der Waals surface area contributed by atoms with Crippen molar-refractivity contribution in [3.8, 4) is 6.26 Å². The summed E-state index contributed by atoms with van der Waals surface area (Å²) in [4.78, 5) is 30.3. The maximum atomic E-state index is 12.3. The van der Waals surface area contributed by atoms with Crippen LogP contribution >= 0.6 is 0 Å². The summed E-state index contributed by atoms with van der Waals surface area (Å²) in [5.74, 6) is -0.381. The van der Waals surface area contributed by atoms with Crippen LogP contribution in [-0.4, -0.2) is 35.2 Å². The molecule has 1 aliphatic rings. The third kappa shape index (κ3) is 4.07. The lowest BCUT2D eigenvalue weighted by Crippen LogP contribution is -2.41. The number of anilines is 1. The summed E-state index contributed by atoms with van der Waals surface area (Å²) in [6, 6.07) is 0. The van der Waals surface area contributed by atoms with Crippen molar-refractivity contribution in [3.05, 3.63) is 22.2 Å². The van der Waals surface area contributed by atoms with Crippen LogP contribution in [0.15, 0.2) is 11.0 Å². The van der Waals surface area contributed by atoms with E-state index < -0.39 is 5.97 Å². The van der Waals surface area contributed by atoms with Gasteiger partial charge in [-0.2, -0.15) is 0 Å². The molecule has 0 saturated carbocycles. The van der Waals surface area contributed by atoms with Gasteiger partial charge in [0.1, 0.15) is 0 Å². The van der Waals surface area contributed by atoms with Crippen molar-refractivity contribution in [2.24, 2.45) is 18.7 Å². The Hall–Kier alpha value is -2.40. The number of piperidine rings is 1. The van der Waals surface area contributed by atoms with E-state index in [4.69, 9.17) is 11.0 Å². The maximum Gasteiger partial charge on any atom is 0.324 e. The molecule has 2 rings (SSSR count). The summed E-state index contributed by atoms with van der Waals surface area (Å²) in [5.41, 5.74) is 6.20. The van der Waals surface area contributed by atoms with Gasteiger partial charge in [-0.05, 0) is 32.2 Å². The van der Waals surface area contributed by atoms with Crippen LogP contribution < -0.4 is 16.2 Å². The van der Waals surface area contributed by atoms with E-state index in [1.54, 1.807) is 13.2 Å². The molecule has 1 aromatic heterocycles. The normalized spacial score (nSPS) is 15.3. The standard InChI is InChI=1S/C15H21N5O3/c1-19-9-12(3-2-6-16)18-13(14(19)21)20-7-4-11(5-8-20)15(22)23-10-17/h9,11H,2-8,16H2,1H3. The number of hydrogen-bond donors (Lipinski definition) is 1. The maximum absolute atomic E-state index is 12.3. The highest BCUT2D eigenvalue weighted by Crippen LogP contribution is 2.21. The van der Waals surface area contributed by atoms with E-state index in [0.29, 0.717) is 38.3 Å². The predicted octanol–water partition coefficient (Wildman–Crippen LogP) is -0.0877. The van der Waals surface area contributed by atoms with Crippen molar-refractivity contribution in [1.82, 2.24) is 9.55 Å². The van der Waals surface area contributed by atoms with Gasteiger partial charge in [0.2, 0.25) is 0 Å². The fraction of sp³-hybridized carbons (Fsp3) is 0.600. The average Bonchev–Trinajstić information content (AvgIpc) is 2.56. The highest BCUT2D eigenvalue weighted by molar-refractivity contribution is 5.73. The van der Waals surface area contributed by atoms with E-state index >= 15 is 0 Å². The van der Waals surface area contributed by atoms with Crippen molar-refractivity contribution >= 4 is 11.8 Å². The summed E-state index contributed by atoms with van der Waals surface area (Å²) in [5, 5.41) is 8.40. The second-order valence-corrected chi connectivity index (χ2v) is 5.64. The van der Waals surface area contributed by atoms with Crippen LogP contribution in [0.3, 0.4) is 0 Å². The van der Waals surface area contributed by atoms with E-state index in [0.717, 1.165) is 18.5 Å². The van der Waals surface area contributed by atoms with Gasteiger partial charge in [-0.15, -0.1) is 5.26 Å². The molecule has 1 fully saturated rings. The zero-order valence-electron chi connectivity index (χ0n) is 13.2. The highest BCUT2D eigenvalue weighted by atomic mass is 16.5. The number of nitriles is 1. The lowest BCUT2D eigenvalue weighted by molar-refractivity contribution is -0.142. The first-order chi connectivity index (χ1) is 11.1. The van der Waals surface area contributed by atoms with Gasteiger partial charge >= 0.3 is 5.97 Å². The first-order valence-corrected chi connectivity index (χ1v) is 7.68.